The molecule has 0 saturated heterocycles. The van der Waals surface area contributed by atoms with Crippen molar-refractivity contribution in [1.82, 2.24) is 0 Å². The number of aryl methyl sites for hydroxylation is 2. The molecule has 0 aliphatic carbocycles. The second kappa shape index (κ2) is 3.95. The van der Waals surface area contributed by atoms with Crippen molar-refractivity contribution >= 4 is 10.9 Å². The monoisotopic (exact) mass is 225 g/mol. The van der Waals surface area contributed by atoms with Gasteiger partial charge in [-0.05, 0) is 18.6 Å². The molecule has 0 atom stereocenters. The number of halogens is 1. The number of aromatic nitrogens is 1. The van der Waals surface area contributed by atoms with Crippen molar-refractivity contribution in [2.24, 2.45) is 7.05 Å². The number of hydrogen-bond acceptors (Lipinski definition) is 2. The Bertz CT molecular complexity index is 511. The molecule has 0 fully saturated rings. The maximum absolute atomic E-state index is 9.67. The number of aromatic hydroxyl groups is 2. The fourth-order valence-corrected chi connectivity index (χ4v) is 1.70. The van der Waals surface area contributed by atoms with E-state index in [1.54, 1.807) is 29.8 Å². The van der Waals surface area contributed by atoms with Crippen LogP contribution in [0.4, 0.5) is 0 Å². The van der Waals surface area contributed by atoms with Gasteiger partial charge < -0.3 is 22.6 Å². The highest BCUT2D eigenvalue weighted by atomic mass is 35.5. The zero-order valence-corrected chi connectivity index (χ0v) is 9.28. The van der Waals surface area contributed by atoms with Gasteiger partial charge in [0.1, 0.15) is 12.8 Å². The molecule has 0 aliphatic rings. The maximum atomic E-state index is 9.67. The lowest BCUT2D eigenvalue weighted by Crippen LogP contribution is -3.00. The quantitative estimate of drug-likeness (QED) is 0.530. The van der Waals surface area contributed by atoms with Crippen molar-refractivity contribution < 1.29 is 27.2 Å². The largest absolute Gasteiger partial charge is 1.00 e. The lowest BCUT2D eigenvalue weighted by atomic mass is 10.1. The van der Waals surface area contributed by atoms with E-state index >= 15 is 0 Å². The third-order valence-corrected chi connectivity index (χ3v) is 2.47. The maximum Gasteiger partial charge on any atom is 0.365 e. The average Bonchev–Trinajstić information content (AvgIpc) is 2.14. The molecular weight excluding hydrogens is 214 g/mol. The van der Waals surface area contributed by atoms with Crippen molar-refractivity contribution in [1.29, 1.82) is 0 Å². The van der Waals surface area contributed by atoms with Crippen molar-refractivity contribution in [2.45, 2.75) is 6.92 Å². The molecule has 0 saturated carbocycles. The highest BCUT2D eigenvalue weighted by molar-refractivity contribution is 5.85. The summed E-state index contributed by atoms with van der Waals surface area (Å²) in [5.74, 6) is 0.441. The van der Waals surface area contributed by atoms with E-state index in [0.717, 1.165) is 16.5 Å². The standard InChI is InChI=1S/C11H11NO2.ClH/c1-7-6-10(14)12(2)8-4-3-5-9(13)11(7)8;/h3-6H,1-2H3,(H,13,14);1H. The van der Waals surface area contributed by atoms with Crippen LogP contribution < -0.4 is 17.0 Å². The van der Waals surface area contributed by atoms with Crippen LogP contribution in [0.3, 0.4) is 0 Å². The number of hydrogen-bond donors (Lipinski definition) is 2. The number of benzene rings is 1. The molecule has 2 aromatic rings. The molecule has 1 heterocycles. The van der Waals surface area contributed by atoms with E-state index in [1.165, 1.54) is 0 Å². The van der Waals surface area contributed by atoms with E-state index in [4.69, 9.17) is 0 Å². The molecule has 0 amide bonds. The molecule has 4 heteroatoms. The second-order valence-electron chi connectivity index (χ2n) is 3.42. The fraction of sp³-hybridized carbons (Fsp3) is 0.182. The van der Waals surface area contributed by atoms with E-state index in [0.29, 0.717) is 0 Å². The summed E-state index contributed by atoms with van der Waals surface area (Å²) in [6, 6.07) is 6.91. The van der Waals surface area contributed by atoms with E-state index in [2.05, 4.69) is 0 Å². The van der Waals surface area contributed by atoms with E-state index in [1.807, 2.05) is 13.0 Å². The average molecular weight is 226 g/mol. The van der Waals surface area contributed by atoms with Crippen LogP contribution in [0.15, 0.2) is 24.3 Å². The predicted octanol–water partition coefficient (Wildman–Crippen LogP) is -1.61. The lowest BCUT2D eigenvalue weighted by Gasteiger charge is -2.03. The molecule has 0 spiro atoms. The summed E-state index contributed by atoms with van der Waals surface area (Å²) in [4.78, 5) is 0. The summed E-state index contributed by atoms with van der Waals surface area (Å²) >= 11 is 0. The molecule has 0 unspecified atom stereocenters. The summed E-state index contributed by atoms with van der Waals surface area (Å²) in [6.07, 6.45) is 0. The van der Waals surface area contributed by atoms with Crippen LogP contribution in [0.25, 0.3) is 10.9 Å². The van der Waals surface area contributed by atoms with Crippen molar-refractivity contribution in [3.05, 3.63) is 29.8 Å². The topological polar surface area (TPSA) is 44.3 Å². The summed E-state index contributed by atoms with van der Waals surface area (Å²) in [6.45, 7) is 1.86. The first-order valence-electron chi connectivity index (χ1n) is 4.41. The number of phenols is 1. The molecular formula is C11H12ClNO2. The third-order valence-electron chi connectivity index (χ3n) is 2.47. The summed E-state index contributed by atoms with van der Waals surface area (Å²) < 4.78 is 1.64. The van der Waals surface area contributed by atoms with Crippen molar-refractivity contribution in [2.75, 3.05) is 0 Å². The Morgan fingerprint density at radius 1 is 1.20 bits per heavy atom. The van der Waals surface area contributed by atoms with Gasteiger partial charge >= 0.3 is 5.88 Å². The van der Waals surface area contributed by atoms with Crippen LogP contribution in [0.1, 0.15) is 5.56 Å². The lowest BCUT2D eigenvalue weighted by molar-refractivity contribution is -0.651. The number of rotatable bonds is 0. The first kappa shape index (κ1) is 11.6. The minimum atomic E-state index is 0. The molecule has 2 N–H and O–H groups in total. The van der Waals surface area contributed by atoms with Gasteiger partial charge in [0.05, 0.1) is 11.5 Å². The summed E-state index contributed by atoms with van der Waals surface area (Å²) in [5, 5.41) is 20.0. The van der Waals surface area contributed by atoms with Gasteiger partial charge in [0, 0.05) is 6.07 Å². The van der Waals surface area contributed by atoms with Gasteiger partial charge in [0.2, 0.25) is 5.52 Å². The SMILES string of the molecule is Cc1cc(O)[n+](C)c2cccc(O)c12.[Cl-]. The zero-order chi connectivity index (χ0) is 10.3. The minimum absolute atomic E-state index is 0. The van der Waals surface area contributed by atoms with Crippen LogP contribution in [0.5, 0.6) is 11.6 Å². The molecule has 0 bridgehead atoms. The van der Waals surface area contributed by atoms with Gasteiger partial charge in [0.15, 0.2) is 0 Å². The zero-order valence-electron chi connectivity index (χ0n) is 8.53. The highest BCUT2D eigenvalue weighted by Crippen LogP contribution is 2.26. The van der Waals surface area contributed by atoms with E-state index in [-0.39, 0.29) is 24.0 Å². The molecule has 80 valence electrons. The fourth-order valence-electron chi connectivity index (χ4n) is 1.70. The predicted molar refractivity (Wildman–Crippen MR) is 53.2 cm³/mol. The number of fused-ring (bicyclic) bond motifs is 1. The molecule has 15 heavy (non-hydrogen) atoms. The minimum Gasteiger partial charge on any atom is -1.00 e. The van der Waals surface area contributed by atoms with Gasteiger partial charge in [-0.25, -0.2) is 0 Å². The van der Waals surface area contributed by atoms with Gasteiger partial charge in [-0.3, -0.25) is 0 Å². The molecule has 0 radical (unpaired) electrons. The van der Waals surface area contributed by atoms with Gasteiger partial charge in [-0.2, -0.15) is 4.57 Å². The summed E-state index contributed by atoms with van der Waals surface area (Å²) in [7, 11) is 1.76. The van der Waals surface area contributed by atoms with E-state index < -0.39 is 0 Å². The Morgan fingerprint density at radius 3 is 2.53 bits per heavy atom. The Balaban J connectivity index is 0.00000112. The van der Waals surface area contributed by atoms with Gasteiger partial charge in [-0.15, -0.1) is 0 Å². The molecule has 1 aromatic heterocycles. The third kappa shape index (κ3) is 1.70. The first-order chi connectivity index (χ1) is 6.61. The summed E-state index contributed by atoms with van der Waals surface area (Å²) in [5.41, 5.74) is 1.69. The number of pyridine rings is 1. The Labute approximate surface area is 94.0 Å². The Hall–Kier alpha value is -1.48. The van der Waals surface area contributed by atoms with Crippen LogP contribution in [-0.2, 0) is 7.05 Å². The Morgan fingerprint density at radius 2 is 1.87 bits per heavy atom. The first-order valence-corrected chi connectivity index (χ1v) is 4.41. The molecule has 2 rings (SSSR count). The van der Waals surface area contributed by atoms with Crippen LogP contribution >= 0.6 is 0 Å². The smallest absolute Gasteiger partial charge is 0.365 e. The highest BCUT2D eigenvalue weighted by Gasteiger charge is 2.15. The number of phenolic OH excluding ortho intramolecular Hbond substituents is 1. The van der Waals surface area contributed by atoms with Crippen LogP contribution in [0.2, 0.25) is 0 Å². The molecule has 0 aliphatic heterocycles. The van der Waals surface area contributed by atoms with E-state index in [9.17, 15) is 10.2 Å². The van der Waals surface area contributed by atoms with Gasteiger partial charge in [-0.1, -0.05) is 6.07 Å². The van der Waals surface area contributed by atoms with Gasteiger partial charge in [0.25, 0.3) is 0 Å². The van der Waals surface area contributed by atoms with Crippen molar-refractivity contribution in [3.8, 4) is 11.6 Å². The van der Waals surface area contributed by atoms with Crippen LogP contribution in [0, 0.1) is 6.92 Å². The normalized spacial score (nSPS) is 10.0. The molecule has 1 aromatic carbocycles. The Kier molecular flexibility index (Phi) is 3.05. The molecule has 3 nitrogen and oxygen atoms in total. The van der Waals surface area contributed by atoms with Crippen LogP contribution in [-0.4, -0.2) is 10.2 Å². The second-order valence-corrected chi connectivity index (χ2v) is 3.42. The number of nitrogens with zero attached hydrogens (tertiary/aromatic N) is 1. The van der Waals surface area contributed by atoms with Crippen molar-refractivity contribution in [3.63, 3.8) is 0 Å².